The molecule has 1 amide bonds. The number of aromatic nitrogens is 4. The number of amides is 1. The quantitative estimate of drug-likeness (QED) is 0.845. The molecule has 0 bridgehead atoms. The summed E-state index contributed by atoms with van der Waals surface area (Å²) in [5.41, 5.74) is 2.27. The molecule has 1 N–H and O–H groups in total. The summed E-state index contributed by atoms with van der Waals surface area (Å²) in [7, 11) is 3.49. The Morgan fingerprint density at radius 1 is 1.20 bits per heavy atom. The number of hydrogen-bond donors (Lipinski definition) is 1. The fraction of sp³-hybridized carbons (Fsp3) is 0.500. The van der Waals surface area contributed by atoms with E-state index in [1.54, 1.807) is 16.6 Å². The molecule has 9 nitrogen and oxygen atoms in total. The second kappa shape index (κ2) is 6.67. The highest BCUT2D eigenvalue weighted by atomic mass is 16.4. The summed E-state index contributed by atoms with van der Waals surface area (Å²) in [5.74, 6) is -1.42. The van der Waals surface area contributed by atoms with Crippen molar-refractivity contribution in [2.45, 2.75) is 13.5 Å². The number of carboxylic acid groups (broad SMARTS) is 1. The molecule has 0 spiro atoms. The number of carboxylic acids is 1. The van der Waals surface area contributed by atoms with Gasteiger partial charge in [-0.25, -0.2) is 4.79 Å². The Balaban J connectivity index is 1.64. The molecule has 0 aromatic carbocycles. The predicted octanol–water partition coefficient (Wildman–Crippen LogP) is 0.118. The maximum atomic E-state index is 12.7. The summed E-state index contributed by atoms with van der Waals surface area (Å²) in [6.45, 7) is 5.38. The van der Waals surface area contributed by atoms with Crippen LogP contribution in [0.3, 0.4) is 0 Å². The lowest BCUT2D eigenvalue weighted by molar-refractivity contribution is 0.0599. The molecule has 0 radical (unpaired) electrons. The first-order valence-electron chi connectivity index (χ1n) is 8.13. The Morgan fingerprint density at radius 3 is 2.44 bits per heavy atom. The van der Waals surface area contributed by atoms with E-state index in [0.29, 0.717) is 13.1 Å². The van der Waals surface area contributed by atoms with Crippen molar-refractivity contribution in [1.82, 2.24) is 29.4 Å². The van der Waals surface area contributed by atoms with E-state index in [1.165, 1.54) is 16.4 Å². The predicted molar refractivity (Wildman–Crippen MR) is 89.3 cm³/mol. The van der Waals surface area contributed by atoms with Crippen LogP contribution in [-0.4, -0.2) is 72.5 Å². The van der Waals surface area contributed by atoms with Crippen molar-refractivity contribution in [2.75, 3.05) is 26.2 Å². The van der Waals surface area contributed by atoms with E-state index in [0.717, 1.165) is 25.3 Å². The van der Waals surface area contributed by atoms with Gasteiger partial charge in [0.2, 0.25) is 0 Å². The zero-order valence-corrected chi connectivity index (χ0v) is 14.6. The van der Waals surface area contributed by atoms with Crippen molar-refractivity contribution in [3.05, 3.63) is 34.9 Å². The van der Waals surface area contributed by atoms with Crippen molar-refractivity contribution in [2.24, 2.45) is 14.1 Å². The summed E-state index contributed by atoms with van der Waals surface area (Å²) < 4.78 is 3.14. The highest BCUT2D eigenvalue weighted by molar-refractivity contribution is 6.03. The number of piperazine rings is 1. The Hall–Kier alpha value is -2.68. The van der Waals surface area contributed by atoms with Crippen LogP contribution in [-0.2, 0) is 20.6 Å². The van der Waals surface area contributed by atoms with Crippen LogP contribution in [0.2, 0.25) is 0 Å². The SMILES string of the molecule is Cc1nn(C)cc1CN1CCN(C(=O)c2c(C(=O)O)cnn2C)CC1. The van der Waals surface area contributed by atoms with Gasteiger partial charge in [0, 0.05) is 58.6 Å². The summed E-state index contributed by atoms with van der Waals surface area (Å²) in [4.78, 5) is 27.9. The van der Waals surface area contributed by atoms with E-state index >= 15 is 0 Å². The van der Waals surface area contributed by atoms with Gasteiger partial charge in [-0.15, -0.1) is 0 Å². The van der Waals surface area contributed by atoms with Crippen LogP contribution >= 0.6 is 0 Å². The van der Waals surface area contributed by atoms with Gasteiger partial charge < -0.3 is 10.0 Å². The first-order chi connectivity index (χ1) is 11.9. The Labute approximate surface area is 145 Å². The molecule has 25 heavy (non-hydrogen) atoms. The lowest BCUT2D eigenvalue weighted by Gasteiger charge is -2.34. The first kappa shape index (κ1) is 17.2. The van der Waals surface area contributed by atoms with Crippen molar-refractivity contribution in [1.29, 1.82) is 0 Å². The first-order valence-corrected chi connectivity index (χ1v) is 8.13. The topological polar surface area (TPSA) is 96.5 Å². The summed E-state index contributed by atoms with van der Waals surface area (Å²) >= 11 is 0. The van der Waals surface area contributed by atoms with Gasteiger partial charge in [-0.2, -0.15) is 10.2 Å². The lowest BCUT2D eigenvalue weighted by atomic mass is 10.2. The monoisotopic (exact) mass is 346 g/mol. The number of aromatic carboxylic acids is 1. The summed E-state index contributed by atoms with van der Waals surface area (Å²) in [6, 6.07) is 0. The van der Waals surface area contributed by atoms with Crippen LogP contribution in [0.15, 0.2) is 12.4 Å². The Kier molecular flexibility index (Phi) is 4.58. The summed E-state index contributed by atoms with van der Waals surface area (Å²) in [6.07, 6.45) is 3.23. The fourth-order valence-electron chi connectivity index (χ4n) is 3.15. The maximum absolute atomic E-state index is 12.7. The van der Waals surface area contributed by atoms with Crippen molar-refractivity contribution in [3.8, 4) is 0 Å². The van der Waals surface area contributed by atoms with Crippen LogP contribution in [0.25, 0.3) is 0 Å². The zero-order chi connectivity index (χ0) is 18.1. The zero-order valence-electron chi connectivity index (χ0n) is 14.6. The minimum Gasteiger partial charge on any atom is -0.478 e. The molecule has 1 saturated heterocycles. The third-order valence-electron chi connectivity index (χ3n) is 4.54. The smallest absolute Gasteiger partial charge is 0.339 e. The molecule has 2 aromatic heterocycles. The standard InChI is InChI=1S/C16H22N6O3/c1-11-12(9-19(2)18-11)10-21-4-6-22(7-5-21)15(23)14-13(16(24)25)8-17-20(14)3/h8-9H,4-7,10H2,1-3H3,(H,24,25). The van der Waals surface area contributed by atoms with Gasteiger partial charge in [0.15, 0.2) is 0 Å². The molecule has 2 aromatic rings. The Morgan fingerprint density at radius 2 is 1.88 bits per heavy atom. The van der Waals surface area contributed by atoms with Gasteiger partial charge in [0.25, 0.3) is 5.91 Å². The average molecular weight is 346 g/mol. The lowest BCUT2D eigenvalue weighted by Crippen LogP contribution is -2.48. The number of hydrogen-bond acceptors (Lipinski definition) is 5. The van der Waals surface area contributed by atoms with E-state index in [-0.39, 0.29) is 17.2 Å². The molecule has 0 saturated carbocycles. The van der Waals surface area contributed by atoms with Gasteiger partial charge in [-0.1, -0.05) is 0 Å². The van der Waals surface area contributed by atoms with E-state index in [1.807, 2.05) is 20.2 Å². The number of rotatable bonds is 4. The molecule has 9 heteroatoms. The molecule has 1 fully saturated rings. The van der Waals surface area contributed by atoms with Crippen molar-refractivity contribution >= 4 is 11.9 Å². The maximum Gasteiger partial charge on any atom is 0.339 e. The second-order valence-electron chi connectivity index (χ2n) is 6.32. The van der Waals surface area contributed by atoms with Crippen LogP contribution in [0, 0.1) is 6.92 Å². The van der Waals surface area contributed by atoms with Crippen LogP contribution < -0.4 is 0 Å². The fourth-order valence-corrected chi connectivity index (χ4v) is 3.15. The molecule has 1 aliphatic heterocycles. The van der Waals surface area contributed by atoms with Crippen LogP contribution in [0.4, 0.5) is 0 Å². The minimum absolute atomic E-state index is 0.0547. The van der Waals surface area contributed by atoms with Gasteiger partial charge >= 0.3 is 5.97 Å². The van der Waals surface area contributed by atoms with Crippen LogP contribution in [0.5, 0.6) is 0 Å². The average Bonchev–Trinajstić information content (AvgIpc) is 3.10. The largest absolute Gasteiger partial charge is 0.478 e. The molecule has 0 aliphatic carbocycles. The van der Waals surface area contributed by atoms with E-state index < -0.39 is 5.97 Å². The minimum atomic E-state index is -1.14. The molecule has 0 unspecified atom stereocenters. The second-order valence-corrected chi connectivity index (χ2v) is 6.32. The molecule has 1 aliphatic rings. The molecule has 0 atom stereocenters. The highest BCUT2D eigenvalue weighted by Gasteiger charge is 2.28. The van der Waals surface area contributed by atoms with E-state index in [2.05, 4.69) is 15.1 Å². The highest BCUT2D eigenvalue weighted by Crippen LogP contribution is 2.15. The van der Waals surface area contributed by atoms with Gasteiger partial charge in [0.1, 0.15) is 11.3 Å². The molecule has 3 rings (SSSR count). The normalized spacial score (nSPS) is 15.6. The van der Waals surface area contributed by atoms with Crippen molar-refractivity contribution in [3.63, 3.8) is 0 Å². The third-order valence-corrected chi connectivity index (χ3v) is 4.54. The third kappa shape index (κ3) is 3.41. The van der Waals surface area contributed by atoms with Crippen molar-refractivity contribution < 1.29 is 14.7 Å². The number of carbonyl (C=O) groups excluding carboxylic acids is 1. The molecule has 134 valence electrons. The van der Waals surface area contributed by atoms with Crippen LogP contribution in [0.1, 0.15) is 32.1 Å². The molecule has 3 heterocycles. The van der Waals surface area contributed by atoms with Gasteiger partial charge in [-0.3, -0.25) is 19.1 Å². The van der Waals surface area contributed by atoms with Gasteiger partial charge in [0.05, 0.1) is 11.9 Å². The van der Waals surface area contributed by atoms with Gasteiger partial charge in [-0.05, 0) is 6.92 Å². The molecular formula is C16H22N6O3. The van der Waals surface area contributed by atoms with E-state index in [4.69, 9.17) is 0 Å². The molecular weight excluding hydrogens is 324 g/mol. The number of aryl methyl sites for hydroxylation is 3. The van der Waals surface area contributed by atoms with E-state index in [9.17, 15) is 14.7 Å². The number of nitrogens with zero attached hydrogens (tertiary/aromatic N) is 6. The Bertz CT molecular complexity index is 801. The number of carbonyl (C=O) groups is 2. The summed E-state index contributed by atoms with van der Waals surface area (Å²) in [5, 5.41) is 17.5.